The summed E-state index contributed by atoms with van der Waals surface area (Å²) in [6.45, 7) is 10.9. The molecule has 0 radical (unpaired) electrons. The van der Waals surface area contributed by atoms with E-state index in [9.17, 15) is 4.79 Å². The third kappa shape index (κ3) is 5.64. The second-order valence-corrected chi connectivity index (χ2v) is 6.36. The highest BCUT2D eigenvalue weighted by molar-refractivity contribution is 5.68. The van der Waals surface area contributed by atoms with Gasteiger partial charge in [-0.3, -0.25) is 0 Å². The molecule has 1 aliphatic rings. The van der Waals surface area contributed by atoms with Gasteiger partial charge in [-0.05, 0) is 52.4 Å². The maximum Gasteiger partial charge on any atom is 0.410 e. The van der Waals surface area contributed by atoms with Gasteiger partial charge in [0.15, 0.2) is 0 Å². The first-order valence-corrected chi connectivity index (χ1v) is 7.18. The molecule has 2 atom stereocenters. The largest absolute Gasteiger partial charge is 0.444 e. The molecule has 0 aromatic carbocycles. The van der Waals surface area contributed by atoms with Crippen LogP contribution in [0.3, 0.4) is 0 Å². The number of hydrogen-bond acceptors (Lipinski definition) is 3. The Labute approximate surface area is 117 Å². The van der Waals surface area contributed by atoms with Gasteiger partial charge >= 0.3 is 6.09 Å². The zero-order valence-electron chi connectivity index (χ0n) is 12.5. The summed E-state index contributed by atoms with van der Waals surface area (Å²) >= 11 is 0. The minimum absolute atomic E-state index is 0.174. The first-order valence-electron chi connectivity index (χ1n) is 7.18. The van der Waals surface area contributed by atoms with Crippen LogP contribution in [-0.2, 0) is 4.74 Å². The molecular formula is C15H28N2O2. The van der Waals surface area contributed by atoms with Crippen molar-refractivity contribution >= 4 is 6.09 Å². The standard InChI is InChI=1S/C15H28N2O2/c1-5-6-7-8-13(16)12-9-10-17(11-12)14(18)19-15(2,3)4/h5,12-13H,1,6-11,16H2,2-4H3. The van der Waals surface area contributed by atoms with Gasteiger partial charge in [0.1, 0.15) is 5.60 Å². The summed E-state index contributed by atoms with van der Waals surface area (Å²) in [5.41, 5.74) is 5.77. The monoisotopic (exact) mass is 268 g/mol. The first-order chi connectivity index (χ1) is 8.83. The maximum absolute atomic E-state index is 11.9. The minimum atomic E-state index is -0.429. The molecule has 2 N–H and O–H groups in total. The number of amides is 1. The van der Waals surface area contributed by atoms with Crippen molar-refractivity contribution in [1.82, 2.24) is 4.90 Å². The SMILES string of the molecule is C=CCCCC(N)C1CCN(C(=O)OC(C)(C)C)C1. The molecule has 1 fully saturated rings. The summed E-state index contributed by atoms with van der Waals surface area (Å²) in [5.74, 6) is 0.400. The molecule has 0 aromatic heterocycles. The molecule has 0 saturated carbocycles. The van der Waals surface area contributed by atoms with Crippen LogP contribution in [0.4, 0.5) is 4.79 Å². The predicted molar refractivity (Wildman–Crippen MR) is 77.9 cm³/mol. The Morgan fingerprint density at radius 3 is 2.84 bits per heavy atom. The topological polar surface area (TPSA) is 55.6 Å². The number of allylic oxidation sites excluding steroid dienone is 1. The van der Waals surface area contributed by atoms with Crippen LogP contribution >= 0.6 is 0 Å². The van der Waals surface area contributed by atoms with Crippen LogP contribution < -0.4 is 5.73 Å². The predicted octanol–water partition coefficient (Wildman–Crippen LogP) is 2.93. The number of likely N-dealkylation sites (tertiary alicyclic amines) is 1. The number of carbonyl (C=O) groups is 1. The molecule has 1 rings (SSSR count). The summed E-state index contributed by atoms with van der Waals surface area (Å²) in [5, 5.41) is 0. The van der Waals surface area contributed by atoms with Crippen molar-refractivity contribution in [3.8, 4) is 0 Å². The highest BCUT2D eigenvalue weighted by atomic mass is 16.6. The average molecular weight is 268 g/mol. The molecular weight excluding hydrogens is 240 g/mol. The fourth-order valence-corrected chi connectivity index (χ4v) is 2.36. The van der Waals surface area contributed by atoms with Gasteiger partial charge in [0, 0.05) is 19.1 Å². The molecule has 1 saturated heterocycles. The van der Waals surface area contributed by atoms with Crippen molar-refractivity contribution in [3.63, 3.8) is 0 Å². The van der Waals surface area contributed by atoms with Gasteiger partial charge < -0.3 is 15.4 Å². The van der Waals surface area contributed by atoms with E-state index in [2.05, 4.69) is 6.58 Å². The molecule has 1 aliphatic heterocycles. The molecule has 4 heteroatoms. The zero-order chi connectivity index (χ0) is 14.5. The van der Waals surface area contributed by atoms with Gasteiger partial charge in [-0.15, -0.1) is 6.58 Å². The highest BCUT2D eigenvalue weighted by Crippen LogP contribution is 2.23. The van der Waals surface area contributed by atoms with E-state index < -0.39 is 5.60 Å². The zero-order valence-corrected chi connectivity index (χ0v) is 12.5. The van der Waals surface area contributed by atoms with E-state index in [-0.39, 0.29) is 12.1 Å². The summed E-state index contributed by atoms with van der Waals surface area (Å²) < 4.78 is 5.38. The van der Waals surface area contributed by atoms with Gasteiger partial charge in [-0.2, -0.15) is 0 Å². The molecule has 0 aromatic rings. The van der Waals surface area contributed by atoms with Crippen molar-refractivity contribution in [2.24, 2.45) is 11.7 Å². The molecule has 1 amide bonds. The lowest BCUT2D eigenvalue weighted by molar-refractivity contribution is 0.0286. The lowest BCUT2D eigenvalue weighted by atomic mass is 9.95. The third-order valence-electron chi connectivity index (χ3n) is 3.43. The van der Waals surface area contributed by atoms with Crippen molar-refractivity contribution in [1.29, 1.82) is 0 Å². The van der Waals surface area contributed by atoms with Gasteiger partial charge in [-0.1, -0.05) is 6.08 Å². The van der Waals surface area contributed by atoms with E-state index in [0.717, 1.165) is 38.8 Å². The average Bonchev–Trinajstić information content (AvgIpc) is 2.76. The Morgan fingerprint density at radius 2 is 2.26 bits per heavy atom. The van der Waals surface area contributed by atoms with Gasteiger partial charge in [0.25, 0.3) is 0 Å². The highest BCUT2D eigenvalue weighted by Gasteiger charge is 2.32. The summed E-state index contributed by atoms with van der Waals surface area (Å²) in [4.78, 5) is 13.7. The number of carbonyl (C=O) groups excluding carboxylic acids is 1. The summed E-state index contributed by atoms with van der Waals surface area (Å²) in [6.07, 6.45) is 5.78. The Kier molecular flexibility index (Phi) is 5.85. The van der Waals surface area contributed by atoms with Crippen LogP contribution in [-0.4, -0.2) is 35.7 Å². The second kappa shape index (κ2) is 6.94. The van der Waals surface area contributed by atoms with E-state index in [1.54, 1.807) is 4.90 Å². The molecule has 0 bridgehead atoms. The lowest BCUT2D eigenvalue weighted by Crippen LogP contribution is -2.37. The molecule has 19 heavy (non-hydrogen) atoms. The van der Waals surface area contributed by atoms with Gasteiger partial charge in [0.2, 0.25) is 0 Å². The fourth-order valence-electron chi connectivity index (χ4n) is 2.36. The van der Waals surface area contributed by atoms with Crippen LogP contribution in [0.1, 0.15) is 46.5 Å². The number of rotatable bonds is 5. The molecule has 0 spiro atoms. The Balaban J connectivity index is 2.36. The van der Waals surface area contributed by atoms with Crippen molar-refractivity contribution in [2.75, 3.05) is 13.1 Å². The number of nitrogens with two attached hydrogens (primary N) is 1. The maximum atomic E-state index is 11.9. The fraction of sp³-hybridized carbons (Fsp3) is 0.800. The van der Waals surface area contributed by atoms with Gasteiger partial charge in [0.05, 0.1) is 0 Å². The summed E-state index contributed by atoms with van der Waals surface area (Å²) in [6, 6.07) is 0.174. The Bertz CT molecular complexity index is 310. The number of unbranched alkanes of at least 4 members (excludes halogenated alkanes) is 1. The normalized spacial score (nSPS) is 21.3. The van der Waals surface area contributed by atoms with E-state index in [1.807, 2.05) is 26.8 Å². The van der Waals surface area contributed by atoms with Crippen molar-refractivity contribution < 1.29 is 9.53 Å². The minimum Gasteiger partial charge on any atom is -0.444 e. The number of nitrogens with zero attached hydrogens (tertiary/aromatic N) is 1. The third-order valence-corrected chi connectivity index (χ3v) is 3.43. The molecule has 4 nitrogen and oxygen atoms in total. The van der Waals surface area contributed by atoms with E-state index >= 15 is 0 Å². The number of hydrogen-bond donors (Lipinski definition) is 1. The quantitative estimate of drug-likeness (QED) is 0.616. The Hall–Kier alpha value is -1.03. The van der Waals surface area contributed by atoms with E-state index in [0.29, 0.717) is 5.92 Å². The van der Waals surface area contributed by atoms with Crippen LogP contribution in [0.2, 0.25) is 0 Å². The lowest BCUT2D eigenvalue weighted by Gasteiger charge is -2.25. The van der Waals surface area contributed by atoms with Crippen LogP contribution in [0.5, 0.6) is 0 Å². The summed E-state index contributed by atoms with van der Waals surface area (Å²) in [7, 11) is 0. The number of ether oxygens (including phenoxy) is 1. The van der Waals surface area contributed by atoms with Crippen LogP contribution in [0.15, 0.2) is 12.7 Å². The smallest absolute Gasteiger partial charge is 0.410 e. The van der Waals surface area contributed by atoms with Gasteiger partial charge in [-0.25, -0.2) is 4.79 Å². The molecule has 1 heterocycles. The van der Waals surface area contributed by atoms with E-state index in [1.165, 1.54) is 0 Å². The Morgan fingerprint density at radius 1 is 1.58 bits per heavy atom. The molecule has 0 aliphatic carbocycles. The van der Waals surface area contributed by atoms with E-state index in [4.69, 9.17) is 10.5 Å². The second-order valence-electron chi connectivity index (χ2n) is 6.36. The van der Waals surface area contributed by atoms with Crippen molar-refractivity contribution in [3.05, 3.63) is 12.7 Å². The molecule has 110 valence electrons. The van der Waals surface area contributed by atoms with Crippen molar-refractivity contribution in [2.45, 2.75) is 58.1 Å². The van der Waals surface area contributed by atoms with Crippen LogP contribution in [0, 0.1) is 5.92 Å². The molecule has 2 unspecified atom stereocenters. The first kappa shape index (κ1) is 16.0. The van der Waals surface area contributed by atoms with Crippen LogP contribution in [0.25, 0.3) is 0 Å².